The van der Waals surface area contributed by atoms with E-state index in [4.69, 9.17) is 21.9 Å². The lowest BCUT2D eigenvalue weighted by atomic mass is 10.00. The number of nitrogens with two attached hydrogens (primary N) is 2. The number of aryl methyl sites for hydroxylation is 1. The van der Waals surface area contributed by atoms with E-state index in [9.17, 15) is 0 Å². The summed E-state index contributed by atoms with van der Waals surface area (Å²) in [5, 5.41) is 7.91. The minimum atomic E-state index is 0.0236. The molecule has 5 heteroatoms. The van der Waals surface area contributed by atoms with Gasteiger partial charge >= 0.3 is 0 Å². The first kappa shape index (κ1) is 19.4. The Kier molecular flexibility index (Phi) is 5.94. The molecular weight excluding hydrogens is 346 g/mol. The van der Waals surface area contributed by atoms with Gasteiger partial charge in [0, 0.05) is 36.0 Å². The van der Waals surface area contributed by atoms with Gasteiger partial charge in [-0.15, -0.1) is 0 Å². The van der Waals surface area contributed by atoms with Crippen LogP contribution in [0.4, 0.5) is 11.5 Å². The number of hydrogen-bond acceptors (Lipinski definition) is 4. The normalized spacial score (nSPS) is 10.6. The van der Waals surface area contributed by atoms with Crippen molar-refractivity contribution in [2.75, 3.05) is 17.2 Å². The number of nitrogen functional groups attached to an aromatic ring is 2. The van der Waals surface area contributed by atoms with Crippen LogP contribution in [0, 0.1) is 12.3 Å². The second-order valence-electron chi connectivity index (χ2n) is 7.01. The maximum atomic E-state index is 7.91. The number of pyridine rings is 1. The van der Waals surface area contributed by atoms with Crippen LogP contribution in [0.3, 0.4) is 0 Å². The predicted molar refractivity (Wildman–Crippen MR) is 118 cm³/mol. The van der Waals surface area contributed by atoms with E-state index >= 15 is 0 Å². The maximum Gasteiger partial charge on any atom is 0.131 e. The van der Waals surface area contributed by atoms with Gasteiger partial charge in [0.1, 0.15) is 11.7 Å². The molecule has 5 nitrogen and oxygen atoms in total. The molecule has 0 bridgehead atoms. The van der Waals surface area contributed by atoms with Gasteiger partial charge in [-0.1, -0.05) is 55.0 Å². The quantitative estimate of drug-likeness (QED) is 0.424. The van der Waals surface area contributed by atoms with E-state index in [1.807, 2.05) is 55.5 Å². The van der Waals surface area contributed by atoms with Crippen LogP contribution in [0.5, 0.6) is 0 Å². The smallest absolute Gasteiger partial charge is 0.131 e. The minimum absolute atomic E-state index is 0.0236. The Morgan fingerprint density at radius 2 is 1.82 bits per heavy atom. The fourth-order valence-corrected chi connectivity index (χ4v) is 3.29. The van der Waals surface area contributed by atoms with Crippen LogP contribution >= 0.6 is 0 Å². The Bertz CT molecular complexity index is 966. The van der Waals surface area contributed by atoms with E-state index < -0.39 is 0 Å². The zero-order chi connectivity index (χ0) is 20.1. The number of amidine groups is 1. The largest absolute Gasteiger partial charge is 0.399 e. The summed E-state index contributed by atoms with van der Waals surface area (Å²) in [6.07, 6.45) is 1.00. The first-order valence-corrected chi connectivity index (χ1v) is 9.49. The van der Waals surface area contributed by atoms with Crippen LogP contribution in [-0.4, -0.2) is 17.4 Å². The predicted octanol–water partition coefficient (Wildman–Crippen LogP) is 4.34. The lowest BCUT2D eigenvalue weighted by molar-refractivity contribution is 0.755. The molecule has 0 saturated heterocycles. The van der Waals surface area contributed by atoms with Crippen molar-refractivity contribution in [2.24, 2.45) is 5.73 Å². The van der Waals surface area contributed by atoms with Gasteiger partial charge in [-0.3, -0.25) is 5.41 Å². The molecule has 2 aromatic carbocycles. The molecule has 0 radical (unpaired) electrons. The molecule has 0 fully saturated rings. The minimum Gasteiger partial charge on any atom is -0.399 e. The number of benzene rings is 2. The SMILES string of the molecule is CCCN(Cc1ccccc1)c1cc(N)cc(-c2cc(C)ccc2C(=N)N)n1. The van der Waals surface area contributed by atoms with E-state index in [1.165, 1.54) is 5.56 Å². The molecular formula is C23H27N5. The maximum absolute atomic E-state index is 7.91. The van der Waals surface area contributed by atoms with Crippen molar-refractivity contribution in [1.82, 2.24) is 4.98 Å². The second kappa shape index (κ2) is 8.57. The summed E-state index contributed by atoms with van der Waals surface area (Å²) in [6, 6.07) is 19.9. The molecule has 144 valence electrons. The van der Waals surface area contributed by atoms with E-state index in [-0.39, 0.29) is 5.84 Å². The third kappa shape index (κ3) is 4.49. The molecule has 28 heavy (non-hydrogen) atoms. The molecule has 0 atom stereocenters. The highest BCUT2D eigenvalue weighted by molar-refractivity contribution is 6.01. The Labute approximate surface area is 166 Å². The number of aromatic nitrogens is 1. The summed E-state index contributed by atoms with van der Waals surface area (Å²) in [5.74, 6) is 0.854. The highest BCUT2D eigenvalue weighted by Gasteiger charge is 2.14. The first-order chi connectivity index (χ1) is 13.5. The molecule has 0 aliphatic carbocycles. The highest BCUT2D eigenvalue weighted by Crippen LogP contribution is 2.28. The van der Waals surface area contributed by atoms with Crippen LogP contribution in [0.15, 0.2) is 60.7 Å². The molecule has 5 N–H and O–H groups in total. The third-order valence-electron chi connectivity index (χ3n) is 4.61. The summed E-state index contributed by atoms with van der Waals surface area (Å²) in [6.45, 7) is 5.80. The molecule has 0 aliphatic rings. The standard InChI is InChI=1S/C23H27N5/c1-3-11-28(15-17-7-5-4-6-8-17)22-14-18(24)13-21(27-22)20-12-16(2)9-10-19(20)23(25)26/h4-10,12-14H,3,11,15H2,1-2H3,(H2,24,27)(H3,25,26). The summed E-state index contributed by atoms with van der Waals surface area (Å²) in [4.78, 5) is 7.13. The molecule has 3 aromatic rings. The van der Waals surface area contributed by atoms with Crippen molar-refractivity contribution in [2.45, 2.75) is 26.8 Å². The first-order valence-electron chi connectivity index (χ1n) is 9.49. The monoisotopic (exact) mass is 373 g/mol. The Morgan fingerprint density at radius 1 is 1.07 bits per heavy atom. The lowest BCUT2D eigenvalue weighted by Gasteiger charge is -2.24. The number of rotatable bonds is 7. The van der Waals surface area contributed by atoms with Gasteiger partial charge in [-0.25, -0.2) is 4.98 Å². The highest BCUT2D eigenvalue weighted by atomic mass is 15.2. The van der Waals surface area contributed by atoms with Crippen LogP contribution in [0.1, 0.15) is 30.0 Å². The van der Waals surface area contributed by atoms with Crippen molar-refractivity contribution in [3.63, 3.8) is 0 Å². The molecule has 0 spiro atoms. The fourth-order valence-electron chi connectivity index (χ4n) is 3.29. The van der Waals surface area contributed by atoms with E-state index in [0.717, 1.165) is 42.1 Å². The molecule has 3 rings (SSSR count). The van der Waals surface area contributed by atoms with Crippen molar-refractivity contribution in [3.8, 4) is 11.3 Å². The number of nitrogens with zero attached hydrogens (tertiary/aromatic N) is 2. The van der Waals surface area contributed by atoms with Crippen LogP contribution in [0.25, 0.3) is 11.3 Å². The van der Waals surface area contributed by atoms with Gasteiger partial charge < -0.3 is 16.4 Å². The molecule has 1 aromatic heterocycles. The van der Waals surface area contributed by atoms with Gasteiger partial charge in [0.15, 0.2) is 0 Å². The Hall–Kier alpha value is -3.34. The summed E-state index contributed by atoms with van der Waals surface area (Å²) < 4.78 is 0. The van der Waals surface area contributed by atoms with Gasteiger partial charge in [-0.05, 0) is 31.0 Å². The van der Waals surface area contributed by atoms with Crippen LogP contribution < -0.4 is 16.4 Å². The molecule has 0 aliphatic heterocycles. The van der Waals surface area contributed by atoms with Crippen molar-refractivity contribution in [3.05, 3.63) is 77.4 Å². The van der Waals surface area contributed by atoms with Gasteiger partial charge in [-0.2, -0.15) is 0 Å². The van der Waals surface area contributed by atoms with E-state index in [0.29, 0.717) is 11.3 Å². The Balaban J connectivity index is 2.05. The van der Waals surface area contributed by atoms with Crippen molar-refractivity contribution in [1.29, 1.82) is 5.41 Å². The third-order valence-corrected chi connectivity index (χ3v) is 4.61. The number of anilines is 2. The fraction of sp³-hybridized carbons (Fsp3) is 0.217. The number of nitrogens with one attached hydrogen (secondary N) is 1. The second-order valence-corrected chi connectivity index (χ2v) is 7.01. The molecule has 0 unspecified atom stereocenters. The molecule has 0 saturated carbocycles. The zero-order valence-electron chi connectivity index (χ0n) is 16.4. The van der Waals surface area contributed by atoms with E-state index in [1.54, 1.807) is 0 Å². The zero-order valence-corrected chi connectivity index (χ0v) is 16.4. The van der Waals surface area contributed by atoms with Crippen molar-refractivity contribution < 1.29 is 0 Å². The van der Waals surface area contributed by atoms with Crippen LogP contribution in [0.2, 0.25) is 0 Å². The average molecular weight is 374 g/mol. The van der Waals surface area contributed by atoms with Crippen LogP contribution in [-0.2, 0) is 6.54 Å². The molecule has 0 amide bonds. The topological polar surface area (TPSA) is 92.0 Å². The molecule has 1 heterocycles. The number of hydrogen-bond donors (Lipinski definition) is 3. The van der Waals surface area contributed by atoms with Gasteiger partial charge in [0.25, 0.3) is 0 Å². The van der Waals surface area contributed by atoms with E-state index in [2.05, 4.69) is 24.0 Å². The summed E-state index contributed by atoms with van der Waals surface area (Å²) in [5.41, 5.74) is 17.2. The summed E-state index contributed by atoms with van der Waals surface area (Å²) >= 11 is 0. The summed E-state index contributed by atoms with van der Waals surface area (Å²) in [7, 11) is 0. The van der Waals surface area contributed by atoms with Crippen molar-refractivity contribution >= 4 is 17.3 Å². The Morgan fingerprint density at radius 3 is 2.50 bits per heavy atom. The van der Waals surface area contributed by atoms with Gasteiger partial charge in [0.05, 0.1) is 5.69 Å². The average Bonchev–Trinajstić information content (AvgIpc) is 2.67. The van der Waals surface area contributed by atoms with Gasteiger partial charge in [0.2, 0.25) is 0 Å². The lowest BCUT2D eigenvalue weighted by Crippen LogP contribution is -2.24.